The molecule has 0 unspecified atom stereocenters. The summed E-state index contributed by atoms with van der Waals surface area (Å²) in [5.41, 5.74) is 0.268. The topological polar surface area (TPSA) is 65.4 Å². The highest BCUT2D eigenvalue weighted by Crippen LogP contribution is 2.15. The fourth-order valence-corrected chi connectivity index (χ4v) is 1.97. The van der Waals surface area contributed by atoms with Gasteiger partial charge in [0.1, 0.15) is 5.69 Å². The van der Waals surface area contributed by atoms with Crippen molar-refractivity contribution in [2.24, 2.45) is 0 Å². The second-order valence-electron chi connectivity index (χ2n) is 3.34. The molecule has 0 amide bonds. The molecule has 1 rings (SSSR count). The van der Waals surface area contributed by atoms with Crippen molar-refractivity contribution in [3.05, 3.63) is 18.0 Å². The maximum Gasteiger partial charge on any atom is 0.354 e. The van der Waals surface area contributed by atoms with Crippen LogP contribution >= 0.6 is 0 Å². The molecule has 0 aliphatic carbocycles. The number of esters is 1. The van der Waals surface area contributed by atoms with Gasteiger partial charge in [0.05, 0.1) is 11.5 Å². The second kappa shape index (κ2) is 4.69. The first-order valence-electron chi connectivity index (χ1n) is 4.97. The number of hydrogen-bond acceptors (Lipinski definition) is 4. The van der Waals surface area contributed by atoms with Gasteiger partial charge in [0.2, 0.25) is 0 Å². The molecule has 0 N–H and O–H groups in total. The summed E-state index contributed by atoms with van der Waals surface area (Å²) >= 11 is 0. The summed E-state index contributed by atoms with van der Waals surface area (Å²) in [5, 5.41) is 0. The van der Waals surface area contributed by atoms with Crippen LogP contribution in [0.25, 0.3) is 0 Å². The molecular weight excluding hydrogens is 230 g/mol. The van der Waals surface area contributed by atoms with Crippen molar-refractivity contribution in [3.63, 3.8) is 0 Å². The van der Waals surface area contributed by atoms with E-state index in [0.29, 0.717) is 6.54 Å². The number of nitrogens with zero attached hydrogens (tertiary/aromatic N) is 1. The molecule has 0 aliphatic heterocycles. The van der Waals surface area contributed by atoms with E-state index < -0.39 is 15.8 Å². The molecule has 0 atom stereocenters. The molecule has 1 aromatic rings. The minimum absolute atomic E-state index is 0.136. The number of ether oxygens (including phenoxy) is 1. The van der Waals surface area contributed by atoms with E-state index in [4.69, 9.17) is 4.74 Å². The Morgan fingerprint density at radius 1 is 1.44 bits per heavy atom. The lowest BCUT2D eigenvalue weighted by Crippen LogP contribution is -2.10. The number of aromatic nitrogens is 1. The minimum Gasteiger partial charge on any atom is -0.461 e. The van der Waals surface area contributed by atoms with Gasteiger partial charge in [-0.1, -0.05) is 0 Å². The van der Waals surface area contributed by atoms with Crippen LogP contribution in [0.15, 0.2) is 17.2 Å². The van der Waals surface area contributed by atoms with Crippen LogP contribution in [0.2, 0.25) is 0 Å². The number of rotatable bonds is 4. The average molecular weight is 245 g/mol. The largest absolute Gasteiger partial charge is 0.461 e. The maximum absolute atomic E-state index is 11.5. The molecule has 0 saturated carbocycles. The predicted molar refractivity (Wildman–Crippen MR) is 59.2 cm³/mol. The summed E-state index contributed by atoms with van der Waals surface area (Å²) in [6.45, 7) is 4.31. The Labute approximate surface area is 94.9 Å². The fraction of sp³-hybridized carbons (Fsp3) is 0.500. The van der Waals surface area contributed by atoms with E-state index in [2.05, 4.69) is 0 Å². The summed E-state index contributed by atoms with van der Waals surface area (Å²) in [6, 6.07) is 1.34. The number of aryl methyl sites for hydroxylation is 1. The van der Waals surface area contributed by atoms with Crippen molar-refractivity contribution in [2.45, 2.75) is 25.3 Å². The first-order chi connectivity index (χ1) is 7.40. The van der Waals surface area contributed by atoms with Crippen molar-refractivity contribution in [1.29, 1.82) is 0 Å². The van der Waals surface area contributed by atoms with Gasteiger partial charge in [0.25, 0.3) is 0 Å². The van der Waals surface area contributed by atoms with Crippen LogP contribution in [0.3, 0.4) is 0 Å². The van der Waals surface area contributed by atoms with Crippen LogP contribution in [-0.2, 0) is 21.1 Å². The van der Waals surface area contributed by atoms with Gasteiger partial charge in [-0.15, -0.1) is 0 Å². The molecule has 6 heteroatoms. The highest BCUT2D eigenvalue weighted by atomic mass is 32.2. The van der Waals surface area contributed by atoms with E-state index in [1.807, 2.05) is 6.92 Å². The average Bonchev–Trinajstić information content (AvgIpc) is 2.61. The van der Waals surface area contributed by atoms with Gasteiger partial charge >= 0.3 is 5.97 Å². The highest BCUT2D eigenvalue weighted by molar-refractivity contribution is 7.90. The summed E-state index contributed by atoms with van der Waals surface area (Å²) < 4.78 is 29.1. The summed E-state index contributed by atoms with van der Waals surface area (Å²) in [5.74, 6) is -0.501. The van der Waals surface area contributed by atoms with Crippen LogP contribution < -0.4 is 0 Å². The molecule has 0 bridgehead atoms. The van der Waals surface area contributed by atoms with Gasteiger partial charge in [-0.2, -0.15) is 0 Å². The normalized spacial score (nSPS) is 11.4. The Hall–Kier alpha value is -1.30. The summed E-state index contributed by atoms with van der Waals surface area (Å²) in [7, 11) is -3.29. The van der Waals surface area contributed by atoms with Crippen molar-refractivity contribution < 1.29 is 17.9 Å². The van der Waals surface area contributed by atoms with E-state index in [1.165, 1.54) is 12.3 Å². The molecule has 0 fully saturated rings. The molecule has 0 radical (unpaired) electrons. The summed E-state index contributed by atoms with van der Waals surface area (Å²) in [4.78, 5) is 11.7. The molecule has 1 aromatic heterocycles. The zero-order valence-corrected chi connectivity index (χ0v) is 10.4. The Bertz CT molecular complexity index is 487. The zero-order chi connectivity index (χ0) is 12.3. The maximum atomic E-state index is 11.5. The van der Waals surface area contributed by atoms with E-state index in [0.717, 1.165) is 6.26 Å². The number of sulfone groups is 1. The Morgan fingerprint density at radius 2 is 2.06 bits per heavy atom. The lowest BCUT2D eigenvalue weighted by atomic mass is 10.4. The molecule has 0 aliphatic rings. The monoisotopic (exact) mass is 245 g/mol. The van der Waals surface area contributed by atoms with Crippen molar-refractivity contribution >= 4 is 15.8 Å². The van der Waals surface area contributed by atoms with Crippen molar-refractivity contribution in [1.82, 2.24) is 4.57 Å². The number of carbonyl (C=O) groups is 1. The second-order valence-corrected chi connectivity index (χ2v) is 5.36. The van der Waals surface area contributed by atoms with Gasteiger partial charge in [-0.3, -0.25) is 0 Å². The van der Waals surface area contributed by atoms with E-state index in [-0.39, 0.29) is 17.2 Å². The number of carbonyl (C=O) groups excluding carboxylic acids is 1. The van der Waals surface area contributed by atoms with E-state index in [9.17, 15) is 13.2 Å². The van der Waals surface area contributed by atoms with Gasteiger partial charge in [0.15, 0.2) is 9.84 Å². The van der Waals surface area contributed by atoms with Gasteiger partial charge in [-0.25, -0.2) is 13.2 Å². The molecule has 0 spiro atoms. The van der Waals surface area contributed by atoms with Gasteiger partial charge in [-0.05, 0) is 19.9 Å². The third-order valence-corrected chi connectivity index (χ3v) is 3.20. The smallest absolute Gasteiger partial charge is 0.354 e. The fourth-order valence-electron chi connectivity index (χ4n) is 1.32. The molecule has 0 saturated heterocycles. The molecular formula is C10H15NO4S. The molecule has 5 nitrogen and oxygen atoms in total. The molecule has 16 heavy (non-hydrogen) atoms. The Balaban J connectivity index is 3.19. The summed E-state index contributed by atoms with van der Waals surface area (Å²) in [6.07, 6.45) is 2.55. The van der Waals surface area contributed by atoms with Crippen LogP contribution in [0, 0.1) is 0 Å². The van der Waals surface area contributed by atoms with E-state index >= 15 is 0 Å². The standard InChI is InChI=1S/C10H15NO4S/c1-4-11-7-8(16(3,13)14)6-9(11)10(12)15-5-2/h6-7H,4-5H2,1-3H3. The lowest BCUT2D eigenvalue weighted by Gasteiger charge is -2.04. The predicted octanol–water partition coefficient (Wildman–Crippen LogP) is 1.09. The van der Waals surface area contributed by atoms with Crippen LogP contribution in [-0.4, -0.2) is 31.8 Å². The SMILES string of the molecule is CCOC(=O)c1cc(S(C)(=O)=O)cn1CC. The van der Waals surface area contributed by atoms with Crippen LogP contribution in [0.4, 0.5) is 0 Å². The van der Waals surface area contributed by atoms with Crippen molar-refractivity contribution in [3.8, 4) is 0 Å². The first-order valence-corrected chi connectivity index (χ1v) is 6.86. The van der Waals surface area contributed by atoms with Gasteiger partial charge in [0, 0.05) is 19.0 Å². The lowest BCUT2D eigenvalue weighted by molar-refractivity contribution is 0.0514. The van der Waals surface area contributed by atoms with Crippen LogP contribution in [0.5, 0.6) is 0 Å². The van der Waals surface area contributed by atoms with E-state index in [1.54, 1.807) is 11.5 Å². The first kappa shape index (κ1) is 12.8. The molecule has 90 valence electrons. The third-order valence-electron chi connectivity index (χ3n) is 2.12. The van der Waals surface area contributed by atoms with Crippen LogP contribution in [0.1, 0.15) is 24.3 Å². The third kappa shape index (κ3) is 2.63. The Kier molecular flexibility index (Phi) is 3.74. The zero-order valence-electron chi connectivity index (χ0n) is 9.56. The molecule has 0 aromatic carbocycles. The molecule has 1 heterocycles. The van der Waals surface area contributed by atoms with Crippen molar-refractivity contribution in [2.75, 3.05) is 12.9 Å². The number of hydrogen-bond donors (Lipinski definition) is 0. The highest BCUT2D eigenvalue weighted by Gasteiger charge is 2.18. The minimum atomic E-state index is -3.29. The quantitative estimate of drug-likeness (QED) is 0.745. The Morgan fingerprint density at radius 3 is 2.50 bits per heavy atom. The van der Waals surface area contributed by atoms with Gasteiger partial charge < -0.3 is 9.30 Å².